The van der Waals surface area contributed by atoms with E-state index in [-0.39, 0.29) is 11.8 Å². The Kier molecular flexibility index (Phi) is 6.04. The van der Waals surface area contributed by atoms with Gasteiger partial charge in [-0.1, -0.05) is 18.7 Å². The number of carbonyl (C=O) groups excluding carboxylic acids is 2. The maximum atomic E-state index is 12.7. The quantitative estimate of drug-likeness (QED) is 0.613. The first kappa shape index (κ1) is 18.2. The number of aromatic nitrogens is 2. The minimum Gasteiger partial charge on any atom is -0.353 e. The third-order valence-corrected chi connectivity index (χ3v) is 4.80. The molecule has 6 heteroatoms. The molecule has 3 rings (SSSR count). The van der Waals surface area contributed by atoms with Gasteiger partial charge in [0.2, 0.25) is 11.8 Å². The fourth-order valence-corrected chi connectivity index (χ4v) is 3.40. The van der Waals surface area contributed by atoms with Crippen molar-refractivity contribution in [1.82, 2.24) is 19.8 Å². The van der Waals surface area contributed by atoms with Crippen LogP contribution in [-0.4, -0.2) is 45.9 Å². The summed E-state index contributed by atoms with van der Waals surface area (Å²) in [6.07, 6.45) is 6.13. The Morgan fingerprint density at radius 1 is 1.19 bits per heavy atom. The molecule has 138 valence electrons. The zero-order valence-corrected chi connectivity index (χ0v) is 15.1. The summed E-state index contributed by atoms with van der Waals surface area (Å²) in [7, 11) is 0. The number of piperidine rings is 1. The highest BCUT2D eigenvalue weighted by Gasteiger charge is 2.19. The van der Waals surface area contributed by atoms with Gasteiger partial charge < -0.3 is 14.8 Å². The Balaban J connectivity index is 1.72. The first-order valence-electron chi connectivity index (χ1n) is 9.31. The summed E-state index contributed by atoms with van der Waals surface area (Å²) in [6.45, 7) is 6.05. The zero-order valence-electron chi connectivity index (χ0n) is 15.1. The molecule has 1 saturated heterocycles. The van der Waals surface area contributed by atoms with Crippen molar-refractivity contribution >= 4 is 22.8 Å². The minimum atomic E-state index is -0.168. The predicted octanol–water partition coefficient (Wildman–Crippen LogP) is 2.28. The third kappa shape index (κ3) is 4.31. The standard InChI is InChI=1S/C20H26N4O2/c1-2-19(25)21-12-8-11-18-22-16-9-4-5-10-17(16)24(18)15-20(26)23-13-6-3-7-14-23/h2,4-5,9-10H,1,3,6-8,11-15H2,(H,21,25). The van der Waals surface area contributed by atoms with Crippen LogP contribution >= 0.6 is 0 Å². The number of benzene rings is 1. The summed E-state index contributed by atoms with van der Waals surface area (Å²) < 4.78 is 2.03. The largest absolute Gasteiger partial charge is 0.353 e. The number of rotatable bonds is 7. The van der Waals surface area contributed by atoms with Gasteiger partial charge in [0, 0.05) is 26.1 Å². The van der Waals surface area contributed by atoms with Gasteiger partial charge in [-0.3, -0.25) is 9.59 Å². The Labute approximate surface area is 153 Å². The SMILES string of the molecule is C=CC(=O)NCCCc1nc2ccccc2n1CC(=O)N1CCCCC1. The van der Waals surface area contributed by atoms with Crippen LogP contribution in [0.3, 0.4) is 0 Å². The van der Waals surface area contributed by atoms with Crippen molar-refractivity contribution < 1.29 is 9.59 Å². The minimum absolute atomic E-state index is 0.161. The van der Waals surface area contributed by atoms with Crippen LogP contribution in [0.2, 0.25) is 0 Å². The van der Waals surface area contributed by atoms with Gasteiger partial charge in [-0.05, 0) is 43.9 Å². The van der Waals surface area contributed by atoms with E-state index in [1.54, 1.807) is 0 Å². The summed E-state index contributed by atoms with van der Waals surface area (Å²) >= 11 is 0. The lowest BCUT2D eigenvalue weighted by atomic mass is 10.1. The first-order valence-corrected chi connectivity index (χ1v) is 9.31. The molecule has 0 unspecified atom stereocenters. The van der Waals surface area contributed by atoms with Crippen molar-refractivity contribution in [2.45, 2.75) is 38.6 Å². The number of nitrogens with zero attached hydrogens (tertiary/aromatic N) is 3. The highest BCUT2D eigenvalue weighted by Crippen LogP contribution is 2.18. The highest BCUT2D eigenvalue weighted by atomic mass is 16.2. The second-order valence-electron chi connectivity index (χ2n) is 6.64. The summed E-state index contributed by atoms with van der Waals surface area (Å²) in [5.41, 5.74) is 1.90. The van der Waals surface area contributed by atoms with Gasteiger partial charge in [-0.15, -0.1) is 0 Å². The molecule has 6 nitrogen and oxygen atoms in total. The third-order valence-electron chi connectivity index (χ3n) is 4.80. The number of para-hydroxylation sites is 2. The molecule has 0 radical (unpaired) electrons. The average Bonchev–Trinajstić information content (AvgIpc) is 3.03. The Morgan fingerprint density at radius 3 is 2.73 bits per heavy atom. The van der Waals surface area contributed by atoms with Gasteiger partial charge in [-0.2, -0.15) is 0 Å². The molecule has 26 heavy (non-hydrogen) atoms. The number of imidazole rings is 1. The Bertz CT molecular complexity index is 790. The fraction of sp³-hybridized carbons (Fsp3) is 0.450. The lowest BCUT2D eigenvalue weighted by molar-refractivity contribution is -0.132. The molecule has 2 aromatic rings. The molecule has 0 aliphatic carbocycles. The second kappa shape index (κ2) is 8.65. The predicted molar refractivity (Wildman–Crippen MR) is 102 cm³/mol. The van der Waals surface area contributed by atoms with Crippen molar-refractivity contribution in [2.75, 3.05) is 19.6 Å². The van der Waals surface area contributed by atoms with Crippen LogP contribution in [-0.2, 0) is 22.6 Å². The van der Waals surface area contributed by atoms with E-state index in [0.29, 0.717) is 19.5 Å². The molecule has 0 atom stereocenters. The van der Waals surface area contributed by atoms with Gasteiger partial charge in [0.05, 0.1) is 11.0 Å². The number of carbonyl (C=O) groups is 2. The first-order chi connectivity index (χ1) is 12.7. The molecular weight excluding hydrogens is 328 g/mol. The molecule has 1 fully saturated rings. The maximum absolute atomic E-state index is 12.7. The van der Waals surface area contributed by atoms with Crippen molar-refractivity contribution in [3.8, 4) is 0 Å². The van der Waals surface area contributed by atoms with Gasteiger partial charge in [0.25, 0.3) is 0 Å². The molecule has 1 aliphatic heterocycles. The molecule has 1 aliphatic rings. The Morgan fingerprint density at radius 2 is 1.96 bits per heavy atom. The van der Waals surface area contributed by atoms with Crippen LogP contribution in [0, 0.1) is 0 Å². The molecule has 1 N–H and O–H groups in total. The van der Waals surface area contributed by atoms with Crippen LogP contribution in [0.4, 0.5) is 0 Å². The van der Waals surface area contributed by atoms with Crippen LogP contribution in [0.25, 0.3) is 11.0 Å². The normalized spacial score (nSPS) is 14.4. The summed E-state index contributed by atoms with van der Waals surface area (Å²) in [5.74, 6) is 0.886. The smallest absolute Gasteiger partial charge is 0.243 e. The molecule has 0 bridgehead atoms. The lowest BCUT2D eigenvalue weighted by Gasteiger charge is -2.27. The molecule has 0 spiro atoms. The number of likely N-dealkylation sites (tertiary alicyclic amines) is 1. The van der Waals surface area contributed by atoms with Crippen LogP contribution in [0.5, 0.6) is 0 Å². The highest BCUT2D eigenvalue weighted by molar-refractivity contribution is 5.86. The summed E-state index contributed by atoms with van der Waals surface area (Å²) in [6, 6.07) is 7.91. The second-order valence-corrected chi connectivity index (χ2v) is 6.64. The van der Waals surface area contributed by atoms with Gasteiger partial charge >= 0.3 is 0 Å². The van der Waals surface area contributed by atoms with E-state index in [2.05, 4.69) is 11.9 Å². The van der Waals surface area contributed by atoms with E-state index in [9.17, 15) is 9.59 Å². The number of hydrogen-bond donors (Lipinski definition) is 1. The van der Waals surface area contributed by atoms with Crippen molar-refractivity contribution in [2.24, 2.45) is 0 Å². The number of fused-ring (bicyclic) bond motifs is 1. The molecule has 2 amide bonds. The van der Waals surface area contributed by atoms with E-state index in [1.165, 1.54) is 12.5 Å². The van der Waals surface area contributed by atoms with E-state index in [4.69, 9.17) is 4.98 Å². The topological polar surface area (TPSA) is 67.2 Å². The summed E-state index contributed by atoms with van der Waals surface area (Å²) in [4.78, 5) is 30.7. The van der Waals surface area contributed by atoms with Crippen molar-refractivity contribution in [3.63, 3.8) is 0 Å². The fourth-order valence-electron chi connectivity index (χ4n) is 3.40. The van der Waals surface area contributed by atoms with Gasteiger partial charge in [-0.25, -0.2) is 4.98 Å². The molecule has 1 aromatic heterocycles. The van der Waals surface area contributed by atoms with E-state index in [0.717, 1.165) is 49.2 Å². The number of nitrogens with one attached hydrogen (secondary N) is 1. The van der Waals surface area contributed by atoms with E-state index < -0.39 is 0 Å². The van der Waals surface area contributed by atoms with Gasteiger partial charge in [0.1, 0.15) is 12.4 Å². The van der Waals surface area contributed by atoms with Crippen LogP contribution in [0.15, 0.2) is 36.9 Å². The monoisotopic (exact) mass is 354 g/mol. The van der Waals surface area contributed by atoms with E-state index >= 15 is 0 Å². The Hall–Kier alpha value is -2.63. The molecule has 2 heterocycles. The summed E-state index contributed by atoms with van der Waals surface area (Å²) in [5, 5.41) is 2.78. The average molecular weight is 354 g/mol. The lowest BCUT2D eigenvalue weighted by Crippen LogP contribution is -2.38. The van der Waals surface area contributed by atoms with Crippen LogP contribution < -0.4 is 5.32 Å². The number of hydrogen-bond acceptors (Lipinski definition) is 3. The van der Waals surface area contributed by atoms with Crippen molar-refractivity contribution in [3.05, 3.63) is 42.7 Å². The molecule has 1 aromatic carbocycles. The number of amides is 2. The van der Waals surface area contributed by atoms with Crippen LogP contribution in [0.1, 0.15) is 31.5 Å². The zero-order chi connectivity index (χ0) is 18.4. The number of aryl methyl sites for hydroxylation is 1. The molecular formula is C20H26N4O2. The van der Waals surface area contributed by atoms with Crippen molar-refractivity contribution in [1.29, 1.82) is 0 Å². The van der Waals surface area contributed by atoms with E-state index in [1.807, 2.05) is 33.7 Å². The molecule has 0 saturated carbocycles. The maximum Gasteiger partial charge on any atom is 0.243 e. The van der Waals surface area contributed by atoms with Gasteiger partial charge in [0.15, 0.2) is 0 Å².